The maximum Gasteiger partial charge on any atom is 0.303 e. The van der Waals surface area contributed by atoms with E-state index in [0.717, 1.165) is 33.4 Å². The minimum atomic E-state index is -0.997. The molecule has 1 aromatic heterocycles. The Morgan fingerprint density at radius 1 is 0.864 bits per heavy atom. The van der Waals surface area contributed by atoms with Crippen LogP contribution >= 0.6 is 11.8 Å². The van der Waals surface area contributed by atoms with Crippen molar-refractivity contribution in [1.29, 1.82) is 0 Å². The maximum absolute atomic E-state index is 12.0. The van der Waals surface area contributed by atoms with Crippen molar-refractivity contribution in [3.8, 4) is 11.1 Å². The number of ether oxygens (including phenoxy) is 2. The summed E-state index contributed by atoms with van der Waals surface area (Å²) in [6.07, 6.45) is 2.20. The summed E-state index contributed by atoms with van der Waals surface area (Å²) in [6.45, 7) is 2.41. The van der Waals surface area contributed by atoms with Crippen molar-refractivity contribution < 1.29 is 29.3 Å². The summed E-state index contributed by atoms with van der Waals surface area (Å²) in [6, 6.07) is 25.5. The normalized spacial score (nSPS) is 19.8. The van der Waals surface area contributed by atoms with Gasteiger partial charge < -0.3 is 25.0 Å². The third-order valence-corrected chi connectivity index (χ3v) is 8.48. The van der Waals surface area contributed by atoms with Crippen LogP contribution in [0, 0.1) is 5.92 Å². The van der Waals surface area contributed by atoms with Crippen LogP contribution in [0.25, 0.3) is 11.1 Å². The average Bonchev–Trinajstić information content (AvgIpc) is 3.06. The fourth-order valence-corrected chi connectivity index (χ4v) is 6.03. The van der Waals surface area contributed by atoms with Crippen LogP contribution in [0.1, 0.15) is 54.4 Å². The van der Waals surface area contributed by atoms with E-state index >= 15 is 0 Å². The van der Waals surface area contributed by atoms with E-state index in [0.29, 0.717) is 17.5 Å². The van der Waals surface area contributed by atoms with Gasteiger partial charge in [0.15, 0.2) is 11.4 Å². The Balaban J connectivity index is 1.35. The lowest BCUT2D eigenvalue weighted by Gasteiger charge is -2.41. The standard InChI is InChI=1S/C34H35N3O6S/c1-22-29(21-44-34-35-15-4-16-36-34)42-33(43-32(22)25-11-9-23(20-38)10-12-25)28-8-3-7-27(18-28)26-6-2-5-24(17-26)19-37-30(39)13-14-31(40)41/h2-12,15-18,22,29,32-33,38H,13-14,19-21H2,1H3,(H,37,39)(H,40,41)/t22-,29+,32+,33+/m0/s1. The molecule has 2 heterocycles. The predicted octanol–water partition coefficient (Wildman–Crippen LogP) is 5.70. The molecule has 44 heavy (non-hydrogen) atoms. The number of carboxylic acid groups (broad SMARTS) is 1. The first kappa shape index (κ1) is 31.3. The second-order valence-corrected chi connectivity index (χ2v) is 11.6. The maximum atomic E-state index is 12.0. The Morgan fingerprint density at radius 3 is 2.32 bits per heavy atom. The van der Waals surface area contributed by atoms with Gasteiger partial charge in [-0.3, -0.25) is 9.59 Å². The molecule has 10 heteroatoms. The number of rotatable bonds is 12. The first-order chi connectivity index (χ1) is 21.4. The molecule has 4 atom stereocenters. The Morgan fingerprint density at radius 2 is 1.59 bits per heavy atom. The quantitative estimate of drug-likeness (QED) is 0.136. The largest absolute Gasteiger partial charge is 0.481 e. The number of hydrogen-bond donors (Lipinski definition) is 3. The fraction of sp³-hybridized carbons (Fsp3) is 0.294. The van der Waals surface area contributed by atoms with Gasteiger partial charge in [0, 0.05) is 42.6 Å². The third kappa shape index (κ3) is 8.29. The summed E-state index contributed by atoms with van der Waals surface area (Å²) in [5.41, 5.74) is 5.58. The van der Waals surface area contributed by atoms with Gasteiger partial charge >= 0.3 is 5.97 Å². The lowest BCUT2D eigenvalue weighted by Crippen LogP contribution is -2.38. The smallest absolute Gasteiger partial charge is 0.303 e. The number of amides is 1. The number of nitrogens with zero attached hydrogens (tertiary/aromatic N) is 2. The molecule has 1 aliphatic heterocycles. The number of aliphatic hydroxyl groups is 1. The molecule has 5 rings (SSSR count). The summed E-state index contributed by atoms with van der Waals surface area (Å²) < 4.78 is 13.2. The fourth-order valence-electron chi connectivity index (χ4n) is 5.06. The molecule has 0 bridgehead atoms. The molecule has 0 unspecified atom stereocenters. The van der Waals surface area contributed by atoms with Gasteiger partial charge in [0.1, 0.15) is 0 Å². The van der Waals surface area contributed by atoms with E-state index in [-0.39, 0.29) is 43.5 Å². The van der Waals surface area contributed by atoms with Gasteiger partial charge in [-0.05, 0) is 46.0 Å². The lowest BCUT2D eigenvalue weighted by atomic mass is 9.91. The molecular weight excluding hydrogens is 578 g/mol. The monoisotopic (exact) mass is 613 g/mol. The molecule has 0 aliphatic carbocycles. The second kappa shape index (κ2) is 15.1. The van der Waals surface area contributed by atoms with Crippen molar-refractivity contribution >= 4 is 23.6 Å². The van der Waals surface area contributed by atoms with Crippen LogP contribution in [0.3, 0.4) is 0 Å². The molecule has 3 aromatic carbocycles. The number of thioether (sulfide) groups is 1. The van der Waals surface area contributed by atoms with E-state index in [4.69, 9.17) is 14.6 Å². The van der Waals surface area contributed by atoms with Crippen molar-refractivity contribution in [2.45, 2.75) is 56.6 Å². The predicted molar refractivity (Wildman–Crippen MR) is 166 cm³/mol. The van der Waals surface area contributed by atoms with Gasteiger partial charge in [-0.15, -0.1) is 0 Å². The van der Waals surface area contributed by atoms with Crippen molar-refractivity contribution in [3.05, 3.63) is 114 Å². The number of aliphatic carboxylic acids is 1. The van der Waals surface area contributed by atoms with Gasteiger partial charge in [-0.25, -0.2) is 9.97 Å². The number of nitrogens with one attached hydrogen (secondary N) is 1. The van der Waals surface area contributed by atoms with E-state index in [2.05, 4.69) is 28.3 Å². The highest BCUT2D eigenvalue weighted by atomic mass is 32.2. The molecule has 1 aliphatic rings. The minimum Gasteiger partial charge on any atom is -0.481 e. The third-order valence-electron chi connectivity index (χ3n) is 7.52. The van der Waals surface area contributed by atoms with E-state index in [1.54, 1.807) is 30.2 Å². The zero-order valence-electron chi connectivity index (χ0n) is 24.3. The van der Waals surface area contributed by atoms with Crippen LogP contribution in [0.2, 0.25) is 0 Å². The second-order valence-electron chi connectivity index (χ2n) is 10.7. The van der Waals surface area contributed by atoms with Gasteiger partial charge in [0.05, 0.1) is 25.2 Å². The number of carbonyl (C=O) groups excluding carboxylic acids is 1. The Labute approximate surface area is 260 Å². The molecule has 0 spiro atoms. The number of carbonyl (C=O) groups is 2. The van der Waals surface area contributed by atoms with Gasteiger partial charge in [0.25, 0.3) is 0 Å². The SMILES string of the molecule is C[C@H]1[C@@H](CSc2ncccn2)O[C@@H](c2cccc(-c3cccc(CNC(=O)CCC(=O)O)c3)c2)O[C@H]1c1ccc(CO)cc1. The Hall–Kier alpha value is -4.09. The molecule has 1 saturated heterocycles. The first-order valence-electron chi connectivity index (χ1n) is 14.5. The lowest BCUT2D eigenvalue weighted by molar-refractivity contribution is -0.268. The number of aliphatic hydroxyl groups excluding tert-OH is 1. The Kier molecular flexibility index (Phi) is 10.7. The van der Waals surface area contributed by atoms with Crippen molar-refractivity contribution in [2.75, 3.05) is 5.75 Å². The summed E-state index contributed by atoms with van der Waals surface area (Å²) >= 11 is 1.55. The average molecular weight is 614 g/mol. The zero-order valence-corrected chi connectivity index (χ0v) is 25.2. The molecule has 228 valence electrons. The molecule has 0 saturated carbocycles. The van der Waals surface area contributed by atoms with Crippen molar-refractivity contribution in [1.82, 2.24) is 15.3 Å². The molecule has 9 nitrogen and oxygen atoms in total. The van der Waals surface area contributed by atoms with Crippen LogP contribution in [0.15, 0.2) is 96.4 Å². The number of carboxylic acids is 1. The highest BCUT2D eigenvalue weighted by Gasteiger charge is 2.38. The van der Waals surface area contributed by atoms with Gasteiger partial charge in [0.2, 0.25) is 5.91 Å². The van der Waals surface area contributed by atoms with Crippen LogP contribution in [0.5, 0.6) is 0 Å². The van der Waals surface area contributed by atoms with Crippen molar-refractivity contribution in [3.63, 3.8) is 0 Å². The van der Waals surface area contributed by atoms with Gasteiger partial charge in [-0.2, -0.15) is 0 Å². The summed E-state index contributed by atoms with van der Waals surface area (Å²) in [5, 5.41) is 21.8. The minimum absolute atomic E-state index is 0.0193. The topological polar surface area (TPSA) is 131 Å². The van der Waals surface area contributed by atoms with E-state index in [1.165, 1.54) is 0 Å². The molecule has 1 amide bonds. The molecule has 1 fully saturated rings. The highest BCUT2D eigenvalue weighted by molar-refractivity contribution is 7.99. The number of aromatic nitrogens is 2. The Bertz CT molecular complexity index is 1550. The number of hydrogen-bond acceptors (Lipinski definition) is 8. The highest BCUT2D eigenvalue weighted by Crippen LogP contribution is 2.43. The molecule has 0 radical (unpaired) electrons. The molecule has 4 aromatic rings. The van der Waals surface area contributed by atoms with Crippen molar-refractivity contribution in [2.24, 2.45) is 5.92 Å². The van der Waals surface area contributed by atoms with Crippen LogP contribution in [0.4, 0.5) is 0 Å². The summed E-state index contributed by atoms with van der Waals surface area (Å²) in [7, 11) is 0. The van der Waals surface area contributed by atoms with E-state index in [9.17, 15) is 14.7 Å². The van der Waals surface area contributed by atoms with Gasteiger partial charge in [-0.1, -0.05) is 79.3 Å². The first-order valence-corrected chi connectivity index (χ1v) is 15.5. The van der Waals surface area contributed by atoms with Crippen LogP contribution < -0.4 is 5.32 Å². The molecular formula is C34H35N3O6S. The number of benzene rings is 3. The molecule has 3 N–H and O–H groups in total. The van der Waals surface area contributed by atoms with E-state index < -0.39 is 12.3 Å². The van der Waals surface area contributed by atoms with Crippen LogP contribution in [-0.4, -0.2) is 43.9 Å². The van der Waals surface area contributed by atoms with Crippen LogP contribution in [-0.2, 0) is 32.2 Å². The zero-order chi connectivity index (χ0) is 30.9. The van der Waals surface area contributed by atoms with E-state index in [1.807, 2.05) is 66.7 Å². The summed E-state index contributed by atoms with van der Waals surface area (Å²) in [5.74, 6) is -0.611. The summed E-state index contributed by atoms with van der Waals surface area (Å²) in [4.78, 5) is 31.5.